The Hall–Kier alpha value is -0.930. The fraction of sp³-hybridized carbons (Fsp3) is 0.600. The van der Waals surface area contributed by atoms with Crippen LogP contribution in [0.15, 0.2) is 24.3 Å². The lowest BCUT2D eigenvalue weighted by molar-refractivity contribution is 0.0338. The van der Waals surface area contributed by atoms with Gasteiger partial charge in [-0.1, -0.05) is 12.1 Å². The number of halogens is 1. The maximum Gasteiger partial charge on any atom is 0.123 e. The van der Waals surface area contributed by atoms with Gasteiger partial charge in [-0.05, 0) is 56.2 Å². The highest BCUT2D eigenvalue weighted by Gasteiger charge is 2.24. The third-order valence-electron chi connectivity index (χ3n) is 3.61. The molecule has 0 amide bonds. The van der Waals surface area contributed by atoms with Gasteiger partial charge < -0.3 is 9.84 Å². The van der Waals surface area contributed by atoms with E-state index in [0.717, 1.165) is 31.2 Å². The molecule has 0 aliphatic carbocycles. The van der Waals surface area contributed by atoms with Gasteiger partial charge in [-0.25, -0.2) is 4.39 Å². The monoisotopic (exact) mass is 252 g/mol. The third kappa shape index (κ3) is 3.79. The van der Waals surface area contributed by atoms with Crippen molar-refractivity contribution in [2.45, 2.75) is 44.8 Å². The predicted molar refractivity (Wildman–Crippen MR) is 68.9 cm³/mol. The molecule has 3 unspecified atom stereocenters. The Bertz CT molecular complexity index is 363. The molecule has 0 aromatic heterocycles. The number of aliphatic hydroxyl groups excluding tert-OH is 1. The molecule has 0 radical (unpaired) electrons. The van der Waals surface area contributed by atoms with Gasteiger partial charge in [0, 0.05) is 6.61 Å². The van der Waals surface area contributed by atoms with Crippen molar-refractivity contribution in [1.29, 1.82) is 0 Å². The van der Waals surface area contributed by atoms with Crippen LogP contribution in [0.1, 0.15) is 31.7 Å². The molecule has 18 heavy (non-hydrogen) atoms. The van der Waals surface area contributed by atoms with Gasteiger partial charge >= 0.3 is 0 Å². The topological polar surface area (TPSA) is 29.5 Å². The van der Waals surface area contributed by atoms with E-state index in [0.29, 0.717) is 6.10 Å². The molecule has 1 aliphatic rings. The van der Waals surface area contributed by atoms with Crippen molar-refractivity contribution in [3.05, 3.63) is 35.6 Å². The first-order valence-electron chi connectivity index (χ1n) is 6.68. The SMILES string of the molecule is CC1CCC(CC(CO)Cc2ccc(F)cc2)O1. The largest absolute Gasteiger partial charge is 0.396 e. The first-order valence-corrected chi connectivity index (χ1v) is 6.68. The number of aliphatic hydroxyl groups is 1. The van der Waals surface area contributed by atoms with Gasteiger partial charge in [0.05, 0.1) is 12.2 Å². The van der Waals surface area contributed by atoms with Crippen LogP contribution in [0.25, 0.3) is 0 Å². The molecule has 3 heteroatoms. The first-order chi connectivity index (χ1) is 8.67. The van der Waals surface area contributed by atoms with E-state index in [1.54, 1.807) is 12.1 Å². The van der Waals surface area contributed by atoms with E-state index >= 15 is 0 Å². The Morgan fingerprint density at radius 2 is 2.06 bits per heavy atom. The molecule has 100 valence electrons. The van der Waals surface area contributed by atoms with Gasteiger partial charge in [-0.2, -0.15) is 0 Å². The van der Waals surface area contributed by atoms with Gasteiger partial charge in [0.25, 0.3) is 0 Å². The lowest BCUT2D eigenvalue weighted by atomic mass is 9.93. The van der Waals surface area contributed by atoms with Gasteiger partial charge in [-0.3, -0.25) is 0 Å². The minimum atomic E-state index is -0.216. The van der Waals surface area contributed by atoms with Crippen molar-refractivity contribution in [1.82, 2.24) is 0 Å². The van der Waals surface area contributed by atoms with Crippen molar-refractivity contribution in [2.75, 3.05) is 6.61 Å². The quantitative estimate of drug-likeness (QED) is 0.873. The number of hydrogen-bond acceptors (Lipinski definition) is 2. The number of rotatable bonds is 5. The van der Waals surface area contributed by atoms with E-state index < -0.39 is 0 Å². The standard InChI is InChI=1S/C15H21FO2/c1-11-2-7-15(18-11)9-13(10-17)8-12-3-5-14(16)6-4-12/h3-6,11,13,15,17H,2,7-10H2,1H3. The molecular weight excluding hydrogens is 231 g/mol. The lowest BCUT2D eigenvalue weighted by Gasteiger charge is -2.19. The lowest BCUT2D eigenvalue weighted by Crippen LogP contribution is -2.19. The van der Waals surface area contributed by atoms with E-state index in [2.05, 4.69) is 6.92 Å². The molecule has 0 bridgehead atoms. The maximum absolute atomic E-state index is 12.8. The third-order valence-corrected chi connectivity index (χ3v) is 3.61. The fourth-order valence-corrected chi connectivity index (χ4v) is 2.61. The normalized spacial score (nSPS) is 25.3. The van der Waals surface area contributed by atoms with Crippen LogP contribution >= 0.6 is 0 Å². The number of hydrogen-bond donors (Lipinski definition) is 1. The molecule has 2 nitrogen and oxygen atoms in total. The number of ether oxygens (including phenoxy) is 1. The average molecular weight is 252 g/mol. The predicted octanol–water partition coefficient (Wildman–Crippen LogP) is 2.93. The Morgan fingerprint density at radius 1 is 1.33 bits per heavy atom. The summed E-state index contributed by atoms with van der Waals surface area (Å²) >= 11 is 0. The summed E-state index contributed by atoms with van der Waals surface area (Å²) in [5, 5.41) is 9.44. The van der Waals surface area contributed by atoms with Crippen LogP contribution in [-0.4, -0.2) is 23.9 Å². The fourth-order valence-electron chi connectivity index (χ4n) is 2.61. The zero-order valence-corrected chi connectivity index (χ0v) is 10.8. The summed E-state index contributed by atoms with van der Waals surface area (Å²) in [4.78, 5) is 0. The van der Waals surface area contributed by atoms with Crippen LogP contribution in [0.4, 0.5) is 4.39 Å². The van der Waals surface area contributed by atoms with Crippen LogP contribution in [0, 0.1) is 11.7 Å². The molecule has 1 heterocycles. The molecule has 1 aromatic carbocycles. The minimum Gasteiger partial charge on any atom is -0.396 e. The van der Waals surface area contributed by atoms with Crippen LogP contribution in [-0.2, 0) is 11.2 Å². The average Bonchev–Trinajstić information content (AvgIpc) is 2.77. The van der Waals surface area contributed by atoms with Crippen LogP contribution in [0.2, 0.25) is 0 Å². The Balaban J connectivity index is 1.87. The summed E-state index contributed by atoms with van der Waals surface area (Å²) in [5.74, 6) is -0.0157. The number of benzene rings is 1. The van der Waals surface area contributed by atoms with Gasteiger partial charge in [-0.15, -0.1) is 0 Å². The second kappa shape index (κ2) is 6.30. The molecule has 1 aliphatic heterocycles. The van der Waals surface area contributed by atoms with Crippen LogP contribution in [0.5, 0.6) is 0 Å². The smallest absolute Gasteiger partial charge is 0.123 e. The van der Waals surface area contributed by atoms with Gasteiger partial charge in [0.1, 0.15) is 5.82 Å². The summed E-state index contributed by atoms with van der Waals surface area (Å²) in [5.41, 5.74) is 1.07. The summed E-state index contributed by atoms with van der Waals surface area (Å²) in [7, 11) is 0. The van der Waals surface area contributed by atoms with Crippen molar-refractivity contribution in [3.63, 3.8) is 0 Å². The Morgan fingerprint density at radius 3 is 2.61 bits per heavy atom. The van der Waals surface area contributed by atoms with Crippen molar-refractivity contribution >= 4 is 0 Å². The van der Waals surface area contributed by atoms with Crippen LogP contribution in [0.3, 0.4) is 0 Å². The second-order valence-corrected chi connectivity index (χ2v) is 5.26. The van der Waals surface area contributed by atoms with E-state index in [9.17, 15) is 9.50 Å². The highest BCUT2D eigenvalue weighted by atomic mass is 19.1. The first kappa shape index (κ1) is 13.5. The van der Waals surface area contributed by atoms with Crippen molar-refractivity contribution < 1.29 is 14.2 Å². The molecule has 2 rings (SSSR count). The summed E-state index contributed by atoms with van der Waals surface area (Å²) in [6, 6.07) is 6.52. The van der Waals surface area contributed by atoms with E-state index in [4.69, 9.17) is 4.74 Å². The molecule has 0 spiro atoms. The second-order valence-electron chi connectivity index (χ2n) is 5.26. The summed E-state index contributed by atoms with van der Waals surface area (Å²) in [6.45, 7) is 2.25. The van der Waals surface area contributed by atoms with E-state index in [-0.39, 0.29) is 24.4 Å². The Kier molecular flexibility index (Phi) is 4.72. The highest BCUT2D eigenvalue weighted by molar-refractivity contribution is 5.16. The molecule has 1 aromatic rings. The molecule has 1 saturated heterocycles. The summed E-state index contributed by atoms with van der Waals surface area (Å²) in [6.07, 6.45) is 4.49. The molecule has 0 saturated carbocycles. The Labute approximate surface area is 108 Å². The molecule has 3 atom stereocenters. The van der Waals surface area contributed by atoms with Crippen LogP contribution < -0.4 is 0 Å². The zero-order valence-electron chi connectivity index (χ0n) is 10.8. The summed E-state index contributed by atoms with van der Waals surface area (Å²) < 4.78 is 18.6. The van der Waals surface area contributed by atoms with Gasteiger partial charge in [0.2, 0.25) is 0 Å². The van der Waals surface area contributed by atoms with Crippen molar-refractivity contribution in [2.24, 2.45) is 5.92 Å². The van der Waals surface area contributed by atoms with E-state index in [1.165, 1.54) is 12.1 Å². The van der Waals surface area contributed by atoms with Gasteiger partial charge in [0.15, 0.2) is 0 Å². The van der Waals surface area contributed by atoms with E-state index in [1.807, 2.05) is 0 Å². The molecule has 1 fully saturated rings. The zero-order chi connectivity index (χ0) is 13.0. The molecule has 1 N–H and O–H groups in total. The molecular formula is C15H21FO2. The maximum atomic E-state index is 12.8. The highest BCUT2D eigenvalue weighted by Crippen LogP contribution is 2.26. The van der Waals surface area contributed by atoms with Crippen molar-refractivity contribution in [3.8, 4) is 0 Å². The minimum absolute atomic E-state index is 0.158.